The lowest BCUT2D eigenvalue weighted by atomic mass is 9.97. The van der Waals surface area contributed by atoms with Gasteiger partial charge in [-0.15, -0.1) is 0 Å². The number of rotatable bonds is 15. The van der Waals surface area contributed by atoms with Crippen LogP contribution >= 0.6 is 0 Å². The number of aliphatic hydroxyl groups is 1. The number of nitrogens with zero attached hydrogens (tertiary/aromatic N) is 3. The maximum absolute atomic E-state index is 14.0. The molecule has 5 heterocycles. The third-order valence-corrected chi connectivity index (χ3v) is 11.5. The van der Waals surface area contributed by atoms with E-state index in [0.29, 0.717) is 28.9 Å². The first-order chi connectivity index (χ1) is 29.5. The van der Waals surface area contributed by atoms with Crippen molar-refractivity contribution in [2.24, 2.45) is 0 Å². The van der Waals surface area contributed by atoms with Gasteiger partial charge < -0.3 is 54.2 Å². The van der Waals surface area contributed by atoms with Crippen LogP contribution in [0.2, 0.25) is 0 Å². The number of aliphatic carboxylic acids is 1. The third kappa shape index (κ3) is 9.50. The summed E-state index contributed by atoms with van der Waals surface area (Å²) in [5.41, 5.74) is 3.68. The Hall–Kier alpha value is -6.13. The highest BCUT2D eigenvalue weighted by Crippen LogP contribution is 2.39. The summed E-state index contributed by atoms with van der Waals surface area (Å²) in [6.07, 6.45) is -4.62. The molecular weight excluding hydrogens is 835 g/mol. The van der Waals surface area contributed by atoms with Crippen LogP contribution in [0.5, 0.6) is 11.5 Å². The highest BCUT2D eigenvalue weighted by Gasteiger charge is 2.38. The highest BCUT2D eigenvalue weighted by molar-refractivity contribution is 7.90. The van der Waals surface area contributed by atoms with Crippen molar-refractivity contribution in [1.29, 1.82) is 0 Å². The minimum atomic E-state index is -3.62. The summed E-state index contributed by atoms with van der Waals surface area (Å²) < 4.78 is 54.2. The second-order valence-electron chi connectivity index (χ2n) is 15.1. The van der Waals surface area contributed by atoms with Gasteiger partial charge in [-0.05, 0) is 61.0 Å². The molecule has 3 aliphatic heterocycles. The van der Waals surface area contributed by atoms with Gasteiger partial charge in [-0.1, -0.05) is 13.0 Å². The smallest absolute Gasteiger partial charge is 0.411 e. The Balaban J connectivity index is 1.11. The molecular formula is C41H45N5O15S. The predicted molar refractivity (Wildman–Crippen MR) is 218 cm³/mol. The Labute approximate surface area is 354 Å². The lowest BCUT2D eigenvalue weighted by molar-refractivity contribution is -0.195. The van der Waals surface area contributed by atoms with Crippen LogP contribution in [-0.2, 0) is 69.3 Å². The first kappa shape index (κ1) is 43.9. The number of cyclic esters (lactones) is 1. The second-order valence-corrected chi connectivity index (χ2v) is 17.4. The second kappa shape index (κ2) is 18.1. The van der Waals surface area contributed by atoms with Gasteiger partial charge in [-0.3, -0.25) is 14.5 Å². The van der Waals surface area contributed by atoms with Crippen LogP contribution in [0, 0.1) is 0 Å². The van der Waals surface area contributed by atoms with Crippen LogP contribution in [0.4, 0.5) is 10.5 Å². The average Bonchev–Trinajstić information content (AvgIpc) is 3.58. The lowest BCUT2D eigenvalue weighted by Crippen LogP contribution is -2.42. The number of hydrogen-bond donors (Lipinski definition) is 5. The molecule has 62 heavy (non-hydrogen) atoms. The number of carboxylic acids is 1. The van der Waals surface area contributed by atoms with Gasteiger partial charge in [0.15, 0.2) is 12.2 Å². The molecule has 5 N–H and O–H groups in total. The number of aromatic hydroxyl groups is 1. The van der Waals surface area contributed by atoms with E-state index in [-0.39, 0.29) is 60.9 Å². The van der Waals surface area contributed by atoms with E-state index in [4.69, 9.17) is 28.7 Å². The summed E-state index contributed by atoms with van der Waals surface area (Å²) in [6.45, 7) is 0.294. The van der Waals surface area contributed by atoms with Crippen molar-refractivity contribution in [3.05, 3.63) is 80.6 Å². The molecule has 330 valence electrons. The first-order valence-corrected chi connectivity index (χ1v) is 21.7. The molecule has 2 amide bonds. The molecule has 7 rings (SSSR count). The van der Waals surface area contributed by atoms with Gasteiger partial charge >= 0.3 is 18.0 Å². The summed E-state index contributed by atoms with van der Waals surface area (Å²) in [4.78, 5) is 70.7. The van der Waals surface area contributed by atoms with Crippen LogP contribution in [-0.4, -0.2) is 120 Å². The minimum absolute atomic E-state index is 0.0447. The van der Waals surface area contributed by atoms with Crippen molar-refractivity contribution in [3.8, 4) is 22.9 Å². The average molecular weight is 880 g/mol. The normalized spacial score (nSPS) is 19.2. The number of phenols is 1. The quantitative estimate of drug-likeness (QED) is 0.0743. The van der Waals surface area contributed by atoms with Crippen molar-refractivity contribution in [1.82, 2.24) is 19.8 Å². The molecule has 0 spiro atoms. The number of ether oxygens (including phenoxy) is 5. The first-order valence-electron chi connectivity index (χ1n) is 19.6. The number of benzene rings is 2. The lowest BCUT2D eigenvalue weighted by Gasteiger charge is -2.31. The van der Waals surface area contributed by atoms with E-state index in [0.717, 1.165) is 27.7 Å². The molecule has 0 aliphatic carbocycles. The fourth-order valence-corrected chi connectivity index (χ4v) is 8.14. The number of anilines is 1. The van der Waals surface area contributed by atoms with Crippen molar-refractivity contribution in [3.63, 3.8) is 0 Å². The standard InChI is InChI=1S/C41H45N5O15S/c1-4-24-25-12-22(47)6-7-29(25)44-36-27(24)17-46-31(36)15-26-28(38(46)50)19-57-40(53)37(26)59-20-45(9-10-62(3,55)56)41(54)58-18-21-5-8-32(30(11-21)43-34(49)16-42-2)60-35-14-23(48)13-33(61-35)39(51)52/h5-8,11-12,15,23,33,35,37,42,47-48H,4,9-10,13-14,16-20H2,1-3H3,(H,43,49)(H,51,52). The molecule has 21 heteroatoms. The minimum Gasteiger partial charge on any atom is -0.508 e. The van der Waals surface area contributed by atoms with Gasteiger partial charge in [-0.25, -0.2) is 27.8 Å². The van der Waals surface area contributed by atoms with Crippen LogP contribution < -0.4 is 20.9 Å². The number of fused-ring (bicyclic) bond motifs is 5. The third-order valence-electron chi connectivity index (χ3n) is 10.6. The van der Waals surface area contributed by atoms with E-state index in [1.807, 2.05) is 6.92 Å². The number of amides is 2. The fraction of sp³-hybridized carbons (Fsp3) is 0.415. The number of aliphatic hydroxyl groups excluding tert-OH is 1. The van der Waals surface area contributed by atoms with Crippen molar-refractivity contribution >= 4 is 50.4 Å². The van der Waals surface area contributed by atoms with Crippen molar-refractivity contribution in [2.45, 2.75) is 70.5 Å². The fourth-order valence-electron chi connectivity index (χ4n) is 7.59. The monoisotopic (exact) mass is 879 g/mol. The number of aryl methyl sites for hydroxylation is 1. The number of carboxylic acid groups (broad SMARTS) is 1. The zero-order valence-electron chi connectivity index (χ0n) is 33.9. The number of sulfone groups is 1. The Morgan fingerprint density at radius 3 is 2.60 bits per heavy atom. The number of esters is 1. The Bertz CT molecular complexity index is 2620. The number of phenolic OH excluding ortho intramolecular Hbond substituents is 1. The Kier molecular flexibility index (Phi) is 12.8. The number of likely N-dealkylation sites (N-methyl/N-ethyl adjacent to an activating group) is 1. The molecule has 1 saturated heterocycles. The number of carbonyl (C=O) groups excluding carboxylic acids is 3. The van der Waals surface area contributed by atoms with Crippen LogP contribution in [0.3, 0.4) is 0 Å². The maximum Gasteiger partial charge on any atom is 0.411 e. The van der Waals surface area contributed by atoms with Gasteiger partial charge in [0.2, 0.25) is 12.2 Å². The van der Waals surface area contributed by atoms with Crippen molar-refractivity contribution in [2.75, 3.05) is 44.2 Å². The number of pyridine rings is 2. The summed E-state index contributed by atoms with van der Waals surface area (Å²) in [6, 6.07) is 10.8. The molecule has 0 radical (unpaired) electrons. The summed E-state index contributed by atoms with van der Waals surface area (Å²) in [5, 5.41) is 35.9. The zero-order valence-corrected chi connectivity index (χ0v) is 34.7. The molecule has 2 aromatic heterocycles. The molecule has 3 aliphatic rings. The van der Waals surface area contributed by atoms with Crippen LogP contribution in [0.25, 0.3) is 22.3 Å². The van der Waals surface area contributed by atoms with E-state index in [1.54, 1.807) is 29.8 Å². The van der Waals surface area contributed by atoms with Crippen molar-refractivity contribution < 1.29 is 66.6 Å². The molecule has 1 fully saturated rings. The van der Waals surface area contributed by atoms with Gasteiger partial charge in [0, 0.05) is 42.2 Å². The van der Waals surface area contributed by atoms with E-state index < -0.39 is 89.6 Å². The summed E-state index contributed by atoms with van der Waals surface area (Å²) in [5.74, 6) is -2.93. The Morgan fingerprint density at radius 2 is 1.87 bits per heavy atom. The van der Waals surface area contributed by atoms with Crippen LogP contribution in [0.15, 0.2) is 47.3 Å². The molecule has 4 atom stereocenters. The van der Waals surface area contributed by atoms with Gasteiger partial charge in [0.25, 0.3) is 5.56 Å². The molecule has 20 nitrogen and oxygen atoms in total. The number of hydrogen-bond acceptors (Lipinski definition) is 16. The topological polar surface area (TPSA) is 271 Å². The molecule has 0 saturated carbocycles. The van der Waals surface area contributed by atoms with Gasteiger partial charge in [-0.2, -0.15) is 0 Å². The van der Waals surface area contributed by atoms with E-state index >= 15 is 0 Å². The SMILES string of the molecule is CCc1c2c(nc3ccc(O)cc13)-c1cc3c(c(=O)n1C2)COC(=O)C3OCN(CCS(C)(=O)=O)C(=O)OCc1ccc(OC2CC(O)CC(C(=O)O)O2)c(NC(=O)CNC)c1. The molecule has 4 unspecified atom stereocenters. The number of carbonyl (C=O) groups is 4. The predicted octanol–water partition coefficient (Wildman–Crippen LogP) is 1.94. The number of aromatic nitrogens is 2. The van der Waals surface area contributed by atoms with Crippen LogP contribution in [0.1, 0.15) is 53.7 Å². The van der Waals surface area contributed by atoms with E-state index in [9.17, 15) is 47.7 Å². The zero-order chi connectivity index (χ0) is 44.5. The summed E-state index contributed by atoms with van der Waals surface area (Å²) >= 11 is 0. The number of nitrogens with one attached hydrogen (secondary N) is 2. The largest absolute Gasteiger partial charge is 0.508 e. The van der Waals surface area contributed by atoms with E-state index in [1.165, 1.54) is 24.3 Å². The van der Waals surface area contributed by atoms with Gasteiger partial charge in [0.1, 0.15) is 41.3 Å². The maximum atomic E-state index is 14.0. The van der Waals surface area contributed by atoms with E-state index in [2.05, 4.69) is 10.6 Å². The summed E-state index contributed by atoms with van der Waals surface area (Å²) in [7, 11) is -2.06. The Morgan fingerprint density at radius 1 is 1.08 bits per heavy atom. The highest BCUT2D eigenvalue weighted by atomic mass is 32.2. The molecule has 2 aromatic carbocycles. The van der Waals surface area contributed by atoms with Gasteiger partial charge in [0.05, 0.1) is 53.1 Å². The molecule has 4 aromatic rings. The molecule has 0 bridgehead atoms.